The Hall–Kier alpha value is -3.60. The van der Waals surface area contributed by atoms with Gasteiger partial charge in [0.05, 0.1) is 24.0 Å². The van der Waals surface area contributed by atoms with Gasteiger partial charge < -0.3 is 19.5 Å². The van der Waals surface area contributed by atoms with E-state index in [1.54, 1.807) is 36.4 Å². The van der Waals surface area contributed by atoms with Crippen LogP contribution in [0.1, 0.15) is 27.0 Å². The highest BCUT2D eigenvalue weighted by Crippen LogP contribution is 2.33. The van der Waals surface area contributed by atoms with Crippen LogP contribution < -0.4 is 25.0 Å². The fourth-order valence-electron chi connectivity index (χ4n) is 3.10. The molecule has 0 unspecified atom stereocenters. The fourth-order valence-corrected chi connectivity index (χ4v) is 3.88. The number of carbonyl (C=O) groups is 2. The van der Waals surface area contributed by atoms with E-state index in [4.69, 9.17) is 14.2 Å². The van der Waals surface area contributed by atoms with Gasteiger partial charge in [-0.3, -0.25) is 9.59 Å². The van der Waals surface area contributed by atoms with Crippen molar-refractivity contribution in [1.82, 2.24) is 5.43 Å². The van der Waals surface area contributed by atoms with Crippen molar-refractivity contribution < 1.29 is 23.8 Å². The van der Waals surface area contributed by atoms with Crippen LogP contribution >= 0.6 is 22.6 Å². The molecule has 0 aromatic heterocycles. The van der Waals surface area contributed by atoms with Gasteiger partial charge in [0.1, 0.15) is 5.75 Å². The molecule has 9 heteroatoms. The second-order valence-electron chi connectivity index (χ2n) is 7.60. The summed E-state index contributed by atoms with van der Waals surface area (Å²) in [6.07, 6.45) is 1.50. The van der Waals surface area contributed by atoms with Crippen LogP contribution in [0.4, 0.5) is 5.69 Å². The van der Waals surface area contributed by atoms with E-state index >= 15 is 0 Å². The molecule has 0 heterocycles. The maximum absolute atomic E-state index is 12.4. The van der Waals surface area contributed by atoms with Gasteiger partial charge in [-0.1, -0.05) is 12.1 Å². The molecule has 2 amide bonds. The number of nitrogens with one attached hydrogen (secondary N) is 2. The first kappa shape index (κ1) is 26.0. The second-order valence-corrected chi connectivity index (χ2v) is 8.76. The second kappa shape index (κ2) is 12.2. The predicted octanol–water partition coefficient (Wildman–Crippen LogP) is 4.71. The third-order valence-corrected chi connectivity index (χ3v) is 5.90. The van der Waals surface area contributed by atoms with Gasteiger partial charge in [0.15, 0.2) is 18.1 Å². The molecule has 0 fully saturated rings. The lowest BCUT2D eigenvalue weighted by atomic mass is 10.1. The summed E-state index contributed by atoms with van der Waals surface area (Å²) in [4.78, 5) is 24.7. The van der Waals surface area contributed by atoms with Crippen LogP contribution in [-0.2, 0) is 4.79 Å². The van der Waals surface area contributed by atoms with E-state index in [1.807, 2.05) is 32.0 Å². The number of rotatable bonds is 9. The predicted molar refractivity (Wildman–Crippen MR) is 144 cm³/mol. The lowest BCUT2D eigenvalue weighted by Gasteiger charge is -2.14. The van der Waals surface area contributed by atoms with Crippen LogP contribution in [0, 0.1) is 17.4 Å². The lowest BCUT2D eigenvalue weighted by molar-refractivity contribution is -0.118. The fraction of sp³-hybridized carbons (Fsp3) is 0.192. The number of hydrogen-bond donors (Lipinski definition) is 2. The number of nitrogens with zero attached hydrogens (tertiary/aromatic N) is 1. The summed E-state index contributed by atoms with van der Waals surface area (Å²) in [6.45, 7) is 3.83. The molecule has 0 radical (unpaired) electrons. The average Bonchev–Trinajstić information content (AvgIpc) is 2.85. The zero-order valence-corrected chi connectivity index (χ0v) is 22.0. The minimum Gasteiger partial charge on any atom is -0.497 e. The van der Waals surface area contributed by atoms with Gasteiger partial charge in [-0.2, -0.15) is 5.10 Å². The Labute approximate surface area is 217 Å². The SMILES string of the molecule is COc1cccc(C(=O)N/N=C/c2cc(I)c(OCC(=O)Nc3ccc(C)c(C)c3)c(OC)c2)c1. The summed E-state index contributed by atoms with van der Waals surface area (Å²) in [5.41, 5.74) is 6.56. The van der Waals surface area contributed by atoms with Gasteiger partial charge in [0, 0.05) is 11.3 Å². The molecule has 0 aliphatic carbocycles. The third-order valence-electron chi connectivity index (χ3n) is 5.10. The van der Waals surface area contributed by atoms with E-state index < -0.39 is 0 Å². The molecular weight excluding hydrogens is 561 g/mol. The summed E-state index contributed by atoms with van der Waals surface area (Å²) in [5, 5.41) is 6.86. The van der Waals surface area contributed by atoms with Gasteiger partial charge >= 0.3 is 0 Å². The van der Waals surface area contributed by atoms with Gasteiger partial charge in [-0.05, 0) is 95.6 Å². The zero-order valence-electron chi connectivity index (χ0n) is 19.8. The van der Waals surface area contributed by atoms with Crippen LogP contribution in [0.2, 0.25) is 0 Å². The number of methoxy groups -OCH3 is 2. The first-order valence-electron chi connectivity index (χ1n) is 10.7. The van der Waals surface area contributed by atoms with Crippen molar-refractivity contribution in [3.05, 3.63) is 80.4 Å². The Morgan fingerprint density at radius 1 is 1.00 bits per heavy atom. The van der Waals surface area contributed by atoms with Crippen LogP contribution in [-0.4, -0.2) is 38.9 Å². The van der Waals surface area contributed by atoms with Crippen molar-refractivity contribution in [2.24, 2.45) is 5.10 Å². The number of ether oxygens (including phenoxy) is 3. The highest BCUT2D eigenvalue weighted by Gasteiger charge is 2.14. The van der Waals surface area contributed by atoms with Crippen LogP contribution in [0.15, 0.2) is 59.7 Å². The molecule has 0 saturated carbocycles. The van der Waals surface area contributed by atoms with E-state index in [-0.39, 0.29) is 18.4 Å². The zero-order chi connectivity index (χ0) is 25.4. The lowest BCUT2D eigenvalue weighted by Crippen LogP contribution is -2.20. The number of anilines is 1. The van der Waals surface area contributed by atoms with Crippen molar-refractivity contribution in [3.8, 4) is 17.2 Å². The molecule has 0 spiro atoms. The van der Waals surface area contributed by atoms with Crippen molar-refractivity contribution in [2.75, 3.05) is 26.1 Å². The number of halogens is 1. The Balaban J connectivity index is 1.63. The highest BCUT2D eigenvalue weighted by molar-refractivity contribution is 14.1. The Bertz CT molecular complexity index is 1260. The minimum absolute atomic E-state index is 0.177. The first-order valence-corrected chi connectivity index (χ1v) is 11.7. The Kier molecular flexibility index (Phi) is 9.07. The molecule has 182 valence electrons. The van der Waals surface area contributed by atoms with Crippen molar-refractivity contribution in [1.29, 1.82) is 0 Å². The highest BCUT2D eigenvalue weighted by atomic mass is 127. The number of aryl methyl sites for hydroxylation is 2. The van der Waals surface area contributed by atoms with E-state index in [2.05, 4.69) is 38.4 Å². The molecule has 3 rings (SSSR count). The van der Waals surface area contributed by atoms with Crippen molar-refractivity contribution in [3.63, 3.8) is 0 Å². The molecule has 3 aromatic carbocycles. The maximum atomic E-state index is 12.4. The molecule has 3 aromatic rings. The molecule has 35 heavy (non-hydrogen) atoms. The van der Waals surface area contributed by atoms with Gasteiger partial charge in [-0.15, -0.1) is 0 Å². The average molecular weight is 587 g/mol. The molecule has 0 bridgehead atoms. The van der Waals surface area contributed by atoms with Crippen molar-refractivity contribution >= 4 is 46.3 Å². The molecular formula is C26H26IN3O5. The van der Waals surface area contributed by atoms with E-state index in [9.17, 15) is 9.59 Å². The number of amides is 2. The topological polar surface area (TPSA) is 98.3 Å². The summed E-state index contributed by atoms with van der Waals surface area (Å²) < 4.78 is 17.1. The molecule has 0 atom stereocenters. The van der Waals surface area contributed by atoms with Crippen LogP contribution in [0.25, 0.3) is 0 Å². The third kappa shape index (κ3) is 7.19. The van der Waals surface area contributed by atoms with Gasteiger partial charge in [-0.25, -0.2) is 5.43 Å². The Morgan fingerprint density at radius 3 is 2.51 bits per heavy atom. The summed E-state index contributed by atoms with van der Waals surface area (Å²) in [5.74, 6) is 0.824. The Morgan fingerprint density at radius 2 is 1.80 bits per heavy atom. The van der Waals surface area contributed by atoms with Crippen LogP contribution in [0.5, 0.6) is 17.2 Å². The van der Waals surface area contributed by atoms with E-state index in [0.29, 0.717) is 34.1 Å². The molecule has 0 aliphatic heterocycles. The summed E-state index contributed by atoms with van der Waals surface area (Å²) >= 11 is 2.10. The normalized spacial score (nSPS) is 10.7. The number of benzene rings is 3. The number of hydrazone groups is 1. The monoisotopic (exact) mass is 587 g/mol. The molecule has 2 N–H and O–H groups in total. The summed E-state index contributed by atoms with van der Waals surface area (Å²) in [6, 6.07) is 16.0. The number of carbonyl (C=O) groups excluding carboxylic acids is 2. The smallest absolute Gasteiger partial charge is 0.271 e. The molecule has 8 nitrogen and oxygen atoms in total. The van der Waals surface area contributed by atoms with Crippen molar-refractivity contribution in [2.45, 2.75) is 13.8 Å². The quantitative estimate of drug-likeness (QED) is 0.215. The van der Waals surface area contributed by atoms with E-state index in [1.165, 1.54) is 20.4 Å². The molecule has 0 aliphatic rings. The minimum atomic E-state index is -0.364. The largest absolute Gasteiger partial charge is 0.497 e. The van der Waals surface area contributed by atoms with E-state index in [0.717, 1.165) is 14.7 Å². The van der Waals surface area contributed by atoms with Crippen LogP contribution in [0.3, 0.4) is 0 Å². The molecule has 0 saturated heterocycles. The first-order chi connectivity index (χ1) is 16.8. The maximum Gasteiger partial charge on any atom is 0.271 e. The standard InChI is InChI=1S/C26H26IN3O5/c1-16-8-9-20(10-17(16)2)29-24(31)15-35-25-22(27)11-18(12-23(25)34-4)14-28-30-26(32)19-6-5-7-21(13-19)33-3/h5-14H,15H2,1-4H3,(H,29,31)(H,30,32)/b28-14+. The van der Waals surface area contributed by atoms with Gasteiger partial charge in [0.25, 0.3) is 11.8 Å². The number of hydrogen-bond acceptors (Lipinski definition) is 6. The van der Waals surface area contributed by atoms with Gasteiger partial charge in [0.2, 0.25) is 0 Å². The summed E-state index contributed by atoms with van der Waals surface area (Å²) in [7, 11) is 3.05.